The molecule has 0 aliphatic heterocycles. The summed E-state index contributed by atoms with van der Waals surface area (Å²) in [7, 11) is 0. The second-order valence-electron chi connectivity index (χ2n) is 5.24. The van der Waals surface area contributed by atoms with Gasteiger partial charge in [0.1, 0.15) is 17.3 Å². The van der Waals surface area contributed by atoms with E-state index in [4.69, 9.17) is 0 Å². The number of alkyl halides is 3. The molecule has 8 heteroatoms. The summed E-state index contributed by atoms with van der Waals surface area (Å²) in [6.45, 7) is 1.51. The lowest BCUT2D eigenvalue weighted by atomic mass is 10.1. The number of halogens is 5. The summed E-state index contributed by atoms with van der Waals surface area (Å²) in [4.78, 5) is 12.0. The van der Waals surface area contributed by atoms with Gasteiger partial charge in [0.05, 0.1) is 10.8 Å². The van der Waals surface area contributed by atoms with Crippen LogP contribution in [-0.2, 0) is 16.7 Å². The molecule has 0 spiro atoms. The molecule has 2 nitrogen and oxygen atoms in total. The Bertz CT molecular complexity index is 743. The molecule has 1 amide bonds. The number of carbonyl (C=O) groups is 1. The Morgan fingerprint density at radius 2 is 1.72 bits per heavy atom. The summed E-state index contributed by atoms with van der Waals surface area (Å²) in [5.41, 5.74) is -0.910. The van der Waals surface area contributed by atoms with Crippen molar-refractivity contribution in [2.24, 2.45) is 0 Å². The Hall–Kier alpha value is -2.09. The molecule has 134 valence electrons. The molecule has 0 fully saturated rings. The predicted octanol–water partition coefficient (Wildman–Crippen LogP) is 5.24. The highest BCUT2D eigenvalue weighted by Gasteiger charge is 2.30. The van der Waals surface area contributed by atoms with E-state index in [1.807, 2.05) is 0 Å². The third kappa shape index (κ3) is 5.19. The van der Waals surface area contributed by atoms with Crippen LogP contribution in [0.4, 0.5) is 27.6 Å². The van der Waals surface area contributed by atoms with Gasteiger partial charge in [0, 0.05) is 5.75 Å². The zero-order valence-corrected chi connectivity index (χ0v) is 13.8. The second kappa shape index (κ2) is 7.86. The summed E-state index contributed by atoms with van der Waals surface area (Å²) in [5, 5.41) is 1.45. The van der Waals surface area contributed by atoms with E-state index in [0.29, 0.717) is 5.56 Å². The number of thioether (sulfide) groups is 1. The minimum absolute atomic E-state index is 0.151. The summed E-state index contributed by atoms with van der Waals surface area (Å²) < 4.78 is 65.0. The quantitative estimate of drug-likeness (QED) is 0.724. The van der Waals surface area contributed by atoms with Gasteiger partial charge in [-0.15, -0.1) is 11.8 Å². The number of hydrogen-bond donors (Lipinski definition) is 1. The number of anilines is 1. The van der Waals surface area contributed by atoms with Crippen LogP contribution in [0.15, 0.2) is 42.5 Å². The largest absolute Gasteiger partial charge is 0.416 e. The third-order valence-electron chi connectivity index (χ3n) is 3.33. The first kappa shape index (κ1) is 19.2. The Balaban J connectivity index is 1.98. The van der Waals surface area contributed by atoms with Crippen molar-refractivity contribution in [3.8, 4) is 0 Å². The molecule has 0 bridgehead atoms. The summed E-state index contributed by atoms with van der Waals surface area (Å²) in [5.74, 6) is -2.29. The molecule has 2 rings (SSSR count). The van der Waals surface area contributed by atoms with Gasteiger partial charge < -0.3 is 5.32 Å². The van der Waals surface area contributed by atoms with Crippen molar-refractivity contribution >= 4 is 23.4 Å². The van der Waals surface area contributed by atoms with E-state index in [1.165, 1.54) is 25.1 Å². The summed E-state index contributed by atoms with van der Waals surface area (Å²) in [6.07, 6.45) is -4.44. The van der Waals surface area contributed by atoms with Crippen molar-refractivity contribution < 1.29 is 26.7 Å². The number of hydrogen-bond acceptors (Lipinski definition) is 2. The van der Waals surface area contributed by atoms with Crippen LogP contribution in [-0.4, -0.2) is 11.2 Å². The number of benzene rings is 2. The van der Waals surface area contributed by atoms with Gasteiger partial charge in [-0.1, -0.05) is 24.3 Å². The van der Waals surface area contributed by atoms with Gasteiger partial charge in [-0.2, -0.15) is 13.2 Å². The first-order chi connectivity index (χ1) is 11.7. The van der Waals surface area contributed by atoms with Crippen molar-refractivity contribution in [3.63, 3.8) is 0 Å². The van der Waals surface area contributed by atoms with Gasteiger partial charge >= 0.3 is 6.18 Å². The molecule has 2 aromatic rings. The van der Waals surface area contributed by atoms with Crippen molar-refractivity contribution in [1.29, 1.82) is 0 Å². The van der Waals surface area contributed by atoms with Crippen LogP contribution in [0.25, 0.3) is 0 Å². The van der Waals surface area contributed by atoms with Crippen LogP contribution < -0.4 is 5.32 Å². The third-order valence-corrected chi connectivity index (χ3v) is 4.55. The minimum Gasteiger partial charge on any atom is -0.320 e. The highest BCUT2D eigenvalue weighted by molar-refractivity contribution is 7.99. The minimum atomic E-state index is -4.44. The van der Waals surface area contributed by atoms with Crippen molar-refractivity contribution in [2.45, 2.75) is 24.1 Å². The van der Waals surface area contributed by atoms with Crippen LogP contribution in [0.1, 0.15) is 18.1 Å². The van der Waals surface area contributed by atoms with Gasteiger partial charge in [-0.3, -0.25) is 4.79 Å². The Morgan fingerprint density at radius 3 is 2.32 bits per heavy atom. The molecule has 1 N–H and O–H groups in total. The fraction of sp³-hybridized carbons (Fsp3) is 0.235. The van der Waals surface area contributed by atoms with Crippen LogP contribution >= 0.6 is 11.8 Å². The normalized spacial score (nSPS) is 12.7. The molecule has 0 saturated heterocycles. The number of para-hydroxylation sites is 1. The average molecular weight is 375 g/mol. The smallest absolute Gasteiger partial charge is 0.320 e. The van der Waals surface area contributed by atoms with Crippen molar-refractivity contribution in [1.82, 2.24) is 0 Å². The zero-order valence-electron chi connectivity index (χ0n) is 13.0. The number of nitrogens with one attached hydrogen (secondary N) is 1. The highest BCUT2D eigenvalue weighted by atomic mass is 32.2. The summed E-state index contributed by atoms with van der Waals surface area (Å²) >= 11 is 1.06. The van der Waals surface area contributed by atoms with E-state index in [2.05, 4.69) is 5.32 Å². The van der Waals surface area contributed by atoms with E-state index in [1.54, 1.807) is 0 Å². The van der Waals surface area contributed by atoms with E-state index >= 15 is 0 Å². The molecule has 25 heavy (non-hydrogen) atoms. The van der Waals surface area contributed by atoms with Gasteiger partial charge in [-0.25, -0.2) is 8.78 Å². The lowest BCUT2D eigenvalue weighted by molar-refractivity contribution is -0.137. The van der Waals surface area contributed by atoms with Crippen molar-refractivity contribution in [3.05, 3.63) is 65.2 Å². The number of amides is 1. The maximum atomic E-state index is 13.5. The molecule has 0 saturated carbocycles. The Morgan fingerprint density at radius 1 is 1.12 bits per heavy atom. The molecule has 0 radical (unpaired) electrons. The maximum absolute atomic E-state index is 13.5. The predicted molar refractivity (Wildman–Crippen MR) is 87.2 cm³/mol. The zero-order chi connectivity index (χ0) is 18.6. The first-order valence-corrected chi connectivity index (χ1v) is 8.26. The molecule has 1 unspecified atom stereocenters. The standard InChI is InChI=1S/C17H14F5NOS/c1-10(16(24)23-15-13(18)6-3-7-14(15)19)25-9-11-4-2-5-12(8-11)17(20,21)22/h2-8,10H,9H2,1H3,(H,23,24). The topological polar surface area (TPSA) is 29.1 Å². The molecule has 0 aliphatic rings. The lowest BCUT2D eigenvalue weighted by Gasteiger charge is -2.14. The molecule has 0 aliphatic carbocycles. The molecule has 0 heterocycles. The lowest BCUT2D eigenvalue weighted by Crippen LogP contribution is -2.23. The monoisotopic (exact) mass is 375 g/mol. The summed E-state index contributed by atoms with van der Waals surface area (Å²) in [6, 6.07) is 7.98. The van der Waals surface area contributed by atoms with E-state index in [-0.39, 0.29) is 5.75 Å². The maximum Gasteiger partial charge on any atom is 0.416 e. The SMILES string of the molecule is CC(SCc1cccc(C(F)(F)F)c1)C(=O)Nc1c(F)cccc1F. The fourth-order valence-corrected chi connectivity index (χ4v) is 2.81. The molecule has 1 atom stereocenters. The van der Waals surface area contributed by atoms with Gasteiger partial charge in [0.2, 0.25) is 5.91 Å². The molecular weight excluding hydrogens is 361 g/mol. The van der Waals surface area contributed by atoms with Crippen LogP contribution in [0, 0.1) is 11.6 Å². The van der Waals surface area contributed by atoms with Crippen LogP contribution in [0.5, 0.6) is 0 Å². The number of carbonyl (C=O) groups excluding carboxylic acids is 1. The average Bonchev–Trinajstić information content (AvgIpc) is 2.55. The first-order valence-electron chi connectivity index (χ1n) is 7.21. The van der Waals surface area contributed by atoms with Gasteiger partial charge in [0.25, 0.3) is 0 Å². The van der Waals surface area contributed by atoms with Gasteiger partial charge in [0.15, 0.2) is 0 Å². The van der Waals surface area contributed by atoms with E-state index in [9.17, 15) is 26.7 Å². The molecule has 0 aromatic heterocycles. The number of rotatable bonds is 5. The van der Waals surface area contributed by atoms with Gasteiger partial charge in [-0.05, 0) is 30.7 Å². The van der Waals surface area contributed by atoms with Crippen LogP contribution in [0.2, 0.25) is 0 Å². The molecular formula is C17H14F5NOS. The fourth-order valence-electron chi connectivity index (χ4n) is 1.98. The highest BCUT2D eigenvalue weighted by Crippen LogP contribution is 2.30. The molecule has 2 aromatic carbocycles. The Kier molecular flexibility index (Phi) is 6.05. The Labute approximate surface area is 145 Å². The van der Waals surface area contributed by atoms with Crippen molar-refractivity contribution in [2.75, 3.05) is 5.32 Å². The van der Waals surface area contributed by atoms with Crippen LogP contribution in [0.3, 0.4) is 0 Å². The van der Waals surface area contributed by atoms with E-state index in [0.717, 1.165) is 36.0 Å². The van der Waals surface area contributed by atoms with E-state index < -0.39 is 40.2 Å². The second-order valence-corrected chi connectivity index (χ2v) is 6.57.